The van der Waals surface area contributed by atoms with Crippen molar-refractivity contribution in [2.24, 2.45) is 0 Å². The fourth-order valence-electron chi connectivity index (χ4n) is 2.67. The van der Waals surface area contributed by atoms with Gasteiger partial charge >= 0.3 is 5.97 Å². The normalized spacial score (nSPS) is 11.0. The third kappa shape index (κ3) is 5.36. The summed E-state index contributed by atoms with van der Waals surface area (Å²) in [4.78, 5) is 30.3. The van der Waals surface area contributed by atoms with Gasteiger partial charge < -0.3 is 4.74 Å². The Morgan fingerprint density at radius 1 is 1.07 bits per heavy atom. The Balaban J connectivity index is 1.48. The Bertz CT molecular complexity index is 954. The Kier molecular flexibility index (Phi) is 6.75. The molecule has 0 aliphatic carbocycles. The monoisotopic (exact) mass is 413 g/mol. The van der Waals surface area contributed by atoms with Crippen LogP contribution in [-0.4, -0.2) is 16.7 Å². The lowest BCUT2D eigenvalue weighted by molar-refractivity contribution is -0.145. The summed E-state index contributed by atoms with van der Waals surface area (Å²) in [6, 6.07) is 12.1. The molecule has 3 aromatic rings. The first-order valence-corrected chi connectivity index (χ1v) is 10.9. The van der Waals surface area contributed by atoms with Gasteiger partial charge in [0.25, 0.3) is 0 Å². The largest absolute Gasteiger partial charge is 0.459 e. The molecule has 28 heavy (non-hydrogen) atoms. The number of esters is 1. The van der Waals surface area contributed by atoms with Crippen LogP contribution < -0.4 is 0 Å². The molecule has 0 unspecified atom stereocenters. The number of hydrogen-bond acceptors (Lipinski definition) is 6. The van der Waals surface area contributed by atoms with Crippen LogP contribution in [0.15, 0.2) is 41.8 Å². The van der Waals surface area contributed by atoms with Crippen molar-refractivity contribution < 1.29 is 14.3 Å². The molecular weight excluding hydrogens is 390 g/mol. The van der Waals surface area contributed by atoms with Gasteiger partial charge in [0.1, 0.15) is 11.6 Å². The number of rotatable bonds is 8. The summed E-state index contributed by atoms with van der Waals surface area (Å²) in [5.41, 5.74) is 3.08. The molecule has 0 bridgehead atoms. The van der Waals surface area contributed by atoms with Crippen LogP contribution in [0.3, 0.4) is 0 Å². The number of carbonyl (C=O) groups excluding carboxylic acids is 2. The fourth-order valence-corrected chi connectivity index (χ4v) is 4.31. The molecule has 0 atom stereocenters. The first-order valence-electron chi connectivity index (χ1n) is 9.22. The zero-order valence-electron chi connectivity index (χ0n) is 16.2. The highest BCUT2D eigenvalue weighted by atomic mass is 32.1. The van der Waals surface area contributed by atoms with Crippen LogP contribution in [0.1, 0.15) is 58.4 Å². The van der Waals surface area contributed by atoms with E-state index in [1.54, 1.807) is 6.07 Å². The van der Waals surface area contributed by atoms with Crippen LogP contribution >= 0.6 is 22.7 Å². The second kappa shape index (κ2) is 9.26. The Morgan fingerprint density at radius 3 is 2.46 bits per heavy atom. The Hall–Kier alpha value is -2.31. The third-order valence-electron chi connectivity index (χ3n) is 4.33. The number of thiazole rings is 1. The summed E-state index contributed by atoms with van der Waals surface area (Å²) < 4.78 is 5.28. The average molecular weight is 414 g/mol. The first-order chi connectivity index (χ1) is 13.4. The van der Waals surface area contributed by atoms with Crippen LogP contribution in [0, 0.1) is 6.92 Å². The van der Waals surface area contributed by atoms with Crippen LogP contribution in [0.25, 0.3) is 10.6 Å². The lowest BCUT2D eigenvalue weighted by Crippen LogP contribution is -2.07. The maximum Gasteiger partial charge on any atom is 0.306 e. The van der Waals surface area contributed by atoms with E-state index < -0.39 is 0 Å². The molecule has 0 aliphatic rings. The maximum absolute atomic E-state index is 12.1. The van der Waals surface area contributed by atoms with Crippen molar-refractivity contribution in [3.63, 3.8) is 0 Å². The molecule has 0 fully saturated rings. The predicted octanol–water partition coefficient (Wildman–Crippen LogP) is 6.01. The number of ether oxygens (including phenoxy) is 1. The van der Waals surface area contributed by atoms with E-state index in [-0.39, 0.29) is 31.2 Å². The highest BCUT2D eigenvalue weighted by Gasteiger charge is 2.13. The number of thiophene rings is 1. The van der Waals surface area contributed by atoms with Gasteiger partial charge in [-0.1, -0.05) is 38.1 Å². The van der Waals surface area contributed by atoms with Crippen molar-refractivity contribution >= 4 is 34.4 Å². The van der Waals surface area contributed by atoms with Gasteiger partial charge in [-0.05, 0) is 30.5 Å². The molecule has 146 valence electrons. The summed E-state index contributed by atoms with van der Waals surface area (Å²) in [6.45, 7) is 6.42. The quantitative estimate of drug-likeness (QED) is 0.335. The van der Waals surface area contributed by atoms with Crippen molar-refractivity contribution in [1.29, 1.82) is 0 Å². The average Bonchev–Trinajstić information content (AvgIpc) is 3.33. The molecule has 0 aliphatic heterocycles. The number of benzene rings is 1. The lowest BCUT2D eigenvalue weighted by Gasteiger charge is -2.05. The highest BCUT2D eigenvalue weighted by Crippen LogP contribution is 2.26. The van der Waals surface area contributed by atoms with E-state index in [0.29, 0.717) is 10.8 Å². The number of aromatic nitrogens is 1. The zero-order chi connectivity index (χ0) is 20.1. The molecule has 1 aromatic carbocycles. The number of aryl methyl sites for hydroxylation is 1. The van der Waals surface area contributed by atoms with E-state index in [1.807, 2.05) is 18.4 Å². The van der Waals surface area contributed by atoms with E-state index in [0.717, 1.165) is 21.1 Å². The summed E-state index contributed by atoms with van der Waals surface area (Å²) in [5, 5.41) is 2.81. The van der Waals surface area contributed by atoms with Crippen LogP contribution in [-0.2, 0) is 16.1 Å². The minimum atomic E-state index is -0.377. The number of Topliss-reactive ketones (excluding diaryl/α,β-unsaturated/α-hetero) is 1. The molecule has 0 N–H and O–H groups in total. The molecule has 0 saturated heterocycles. The van der Waals surface area contributed by atoms with Gasteiger partial charge in [0.05, 0.1) is 17.0 Å². The molecule has 0 spiro atoms. The molecule has 0 amide bonds. The minimum Gasteiger partial charge on any atom is -0.459 e. The van der Waals surface area contributed by atoms with Gasteiger partial charge in [0.2, 0.25) is 0 Å². The van der Waals surface area contributed by atoms with Gasteiger partial charge in [-0.15, -0.1) is 22.7 Å². The van der Waals surface area contributed by atoms with Gasteiger partial charge in [-0.2, -0.15) is 0 Å². The SMILES string of the molecule is Cc1ccc(C(=O)CCC(=O)OCc2csc(-c3ccc(C(C)C)cc3)n2)s1. The van der Waals surface area contributed by atoms with Crippen LogP contribution in [0.4, 0.5) is 0 Å². The first kappa shape index (κ1) is 20.4. The second-order valence-electron chi connectivity index (χ2n) is 6.91. The van der Waals surface area contributed by atoms with Crippen molar-refractivity contribution in [3.05, 3.63) is 62.8 Å². The number of nitrogens with zero attached hydrogens (tertiary/aromatic N) is 1. The molecule has 6 heteroatoms. The molecule has 4 nitrogen and oxygen atoms in total. The van der Waals surface area contributed by atoms with Crippen molar-refractivity contribution in [2.45, 2.75) is 46.1 Å². The predicted molar refractivity (Wildman–Crippen MR) is 114 cm³/mol. The van der Waals surface area contributed by atoms with Gasteiger partial charge in [-0.25, -0.2) is 4.98 Å². The summed E-state index contributed by atoms with van der Waals surface area (Å²) >= 11 is 2.98. The molecule has 3 rings (SSSR count). The highest BCUT2D eigenvalue weighted by molar-refractivity contribution is 7.14. The summed E-state index contributed by atoms with van der Waals surface area (Å²) in [7, 11) is 0. The van der Waals surface area contributed by atoms with E-state index in [1.165, 1.54) is 28.2 Å². The number of carbonyl (C=O) groups is 2. The number of ketones is 1. The second-order valence-corrected chi connectivity index (χ2v) is 9.06. The Labute approximate surface area is 173 Å². The molecule has 0 saturated carbocycles. The van der Waals surface area contributed by atoms with Gasteiger partial charge in [-0.3, -0.25) is 9.59 Å². The third-order valence-corrected chi connectivity index (χ3v) is 6.31. The van der Waals surface area contributed by atoms with Crippen molar-refractivity contribution in [1.82, 2.24) is 4.98 Å². The van der Waals surface area contributed by atoms with Gasteiger partial charge in [0, 0.05) is 22.2 Å². The van der Waals surface area contributed by atoms with Crippen molar-refractivity contribution in [3.8, 4) is 10.6 Å². The summed E-state index contributed by atoms with van der Waals surface area (Å²) in [6.07, 6.45) is 0.257. The van der Waals surface area contributed by atoms with E-state index in [9.17, 15) is 9.59 Å². The zero-order valence-corrected chi connectivity index (χ0v) is 17.9. The Morgan fingerprint density at radius 2 is 1.82 bits per heavy atom. The van der Waals surface area contributed by atoms with Crippen molar-refractivity contribution in [2.75, 3.05) is 0 Å². The van der Waals surface area contributed by atoms with Crippen LogP contribution in [0.5, 0.6) is 0 Å². The standard InChI is InChI=1S/C22H23NO3S2/c1-14(2)16-5-7-17(8-6-16)22-23-18(13-27-22)12-26-21(25)11-9-19(24)20-10-4-15(3)28-20/h4-8,10,13-14H,9,11-12H2,1-3H3. The lowest BCUT2D eigenvalue weighted by atomic mass is 10.0. The molecular formula is C22H23NO3S2. The minimum absolute atomic E-state index is 0.0177. The summed E-state index contributed by atoms with van der Waals surface area (Å²) in [5.74, 6) is 0.101. The smallest absolute Gasteiger partial charge is 0.306 e. The topological polar surface area (TPSA) is 56.3 Å². The fraction of sp³-hybridized carbons (Fsp3) is 0.318. The maximum atomic E-state index is 12.1. The molecule has 2 heterocycles. The molecule has 0 radical (unpaired) electrons. The van der Waals surface area contributed by atoms with E-state index in [4.69, 9.17) is 4.74 Å². The van der Waals surface area contributed by atoms with Crippen LogP contribution in [0.2, 0.25) is 0 Å². The van der Waals surface area contributed by atoms with E-state index in [2.05, 4.69) is 43.1 Å². The molecule has 2 aromatic heterocycles. The number of hydrogen-bond donors (Lipinski definition) is 0. The van der Waals surface area contributed by atoms with E-state index >= 15 is 0 Å². The van der Waals surface area contributed by atoms with Gasteiger partial charge in [0.15, 0.2) is 5.78 Å².